The number of rotatable bonds is 4. The molecule has 1 amide bonds. The van der Waals surface area contributed by atoms with Gasteiger partial charge in [-0.3, -0.25) is 4.79 Å². The van der Waals surface area contributed by atoms with Crippen molar-refractivity contribution >= 4 is 5.91 Å². The minimum absolute atomic E-state index is 0.175. The van der Waals surface area contributed by atoms with Gasteiger partial charge in [0.15, 0.2) is 11.5 Å². The smallest absolute Gasteiger partial charge is 0.231 e. The quantitative estimate of drug-likeness (QED) is 0.845. The Morgan fingerprint density at radius 1 is 1.23 bits per heavy atom. The molecule has 26 heavy (non-hydrogen) atoms. The number of benzene rings is 1. The molecule has 0 spiro atoms. The summed E-state index contributed by atoms with van der Waals surface area (Å²) in [5.41, 5.74) is 0.969. The fourth-order valence-corrected chi connectivity index (χ4v) is 3.80. The Bertz CT molecular complexity index is 791. The molecule has 0 atom stereocenters. The lowest BCUT2D eigenvalue weighted by Gasteiger charge is -2.32. The number of hydrogen-bond acceptors (Lipinski definition) is 4. The number of imidazole rings is 1. The topological polar surface area (TPSA) is 56.6 Å². The van der Waals surface area contributed by atoms with E-state index in [9.17, 15) is 4.79 Å². The van der Waals surface area contributed by atoms with Gasteiger partial charge in [0, 0.05) is 37.4 Å². The summed E-state index contributed by atoms with van der Waals surface area (Å²) in [6.07, 6.45) is 6.28. The van der Waals surface area contributed by atoms with E-state index in [1.165, 1.54) is 0 Å². The third kappa shape index (κ3) is 3.28. The second-order valence-electron chi connectivity index (χ2n) is 7.31. The molecule has 0 aliphatic carbocycles. The molecule has 138 valence electrons. The highest BCUT2D eigenvalue weighted by Crippen LogP contribution is 2.33. The second kappa shape index (κ2) is 7.02. The SMILES string of the molecule is CC(C)n1ccnc1C1CCN(C(=O)Cc2ccc3c(c2)OCO3)CC1. The van der Waals surface area contributed by atoms with Crippen molar-refractivity contribution in [2.75, 3.05) is 19.9 Å². The molecule has 1 aromatic carbocycles. The summed E-state index contributed by atoms with van der Waals surface area (Å²) in [5.74, 6) is 3.25. The Balaban J connectivity index is 1.35. The van der Waals surface area contributed by atoms with Crippen molar-refractivity contribution in [1.29, 1.82) is 0 Å². The lowest BCUT2D eigenvalue weighted by molar-refractivity contribution is -0.131. The van der Waals surface area contributed by atoms with E-state index in [1.54, 1.807) is 0 Å². The van der Waals surface area contributed by atoms with Gasteiger partial charge >= 0.3 is 0 Å². The molecule has 3 heterocycles. The van der Waals surface area contributed by atoms with E-state index in [-0.39, 0.29) is 12.7 Å². The maximum Gasteiger partial charge on any atom is 0.231 e. The summed E-state index contributed by atoms with van der Waals surface area (Å²) in [6.45, 7) is 6.19. The highest BCUT2D eigenvalue weighted by molar-refractivity contribution is 5.79. The number of amides is 1. The van der Waals surface area contributed by atoms with Crippen molar-refractivity contribution in [2.24, 2.45) is 0 Å². The molecule has 0 saturated carbocycles. The van der Waals surface area contributed by atoms with Crippen LogP contribution in [-0.2, 0) is 11.2 Å². The van der Waals surface area contributed by atoms with Crippen LogP contribution in [0.3, 0.4) is 0 Å². The summed E-state index contributed by atoms with van der Waals surface area (Å²) in [6, 6.07) is 6.14. The largest absolute Gasteiger partial charge is 0.454 e. The fraction of sp³-hybridized carbons (Fsp3) is 0.500. The second-order valence-corrected chi connectivity index (χ2v) is 7.31. The van der Waals surface area contributed by atoms with Gasteiger partial charge in [-0.05, 0) is 44.4 Å². The van der Waals surface area contributed by atoms with E-state index < -0.39 is 0 Å². The Morgan fingerprint density at radius 2 is 2.00 bits per heavy atom. The van der Waals surface area contributed by atoms with E-state index in [0.717, 1.165) is 48.8 Å². The maximum atomic E-state index is 12.7. The van der Waals surface area contributed by atoms with E-state index in [2.05, 4.69) is 29.6 Å². The minimum Gasteiger partial charge on any atom is -0.454 e. The first-order chi connectivity index (χ1) is 12.6. The van der Waals surface area contributed by atoms with Crippen LogP contribution in [0.25, 0.3) is 0 Å². The molecule has 0 bridgehead atoms. The monoisotopic (exact) mass is 355 g/mol. The molecule has 6 heteroatoms. The number of likely N-dealkylation sites (tertiary alicyclic amines) is 1. The first-order valence-corrected chi connectivity index (χ1v) is 9.31. The number of carbonyl (C=O) groups excluding carboxylic acids is 1. The van der Waals surface area contributed by atoms with Crippen LogP contribution in [0.15, 0.2) is 30.6 Å². The van der Waals surface area contributed by atoms with Gasteiger partial charge in [-0.1, -0.05) is 6.07 Å². The average molecular weight is 355 g/mol. The predicted molar refractivity (Wildman–Crippen MR) is 97.4 cm³/mol. The van der Waals surface area contributed by atoms with Crippen molar-refractivity contribution < 1.29 is 14.3 Å². The maximum absolute atomic E-state index is 12.7. The highest BCUT2D eigenvalue weighted by atomic mass is 16.7. The van der Waals surface area contributed by atoms with Gasteiger partial charge in [0.05, 0.1) is 6.42 Å². The van der Waals surface area contributed by atoms with Gasteiger partial charge in [0.1, 0.15) is 5.82 Å². The average Bonchev–Trinajstić information content (AvgIpc) is 3.30. The van der Waals surface area contributed by atoms with Crippen LogP contribution < -0.4 is 9.47 Å². The Morgan fingerprint density at radius 3 is 2.77 bits per heavy atom. The highest BCUT2D eigenvalue weighted by Gasteiger charge is 2.27. The molecule has 2 aliphatic rings. The number of piperidine rings is 1. The summed E-state index contributed by atoms with van der Waals surface area (Å²) >= 11 is 0. The fourth-order valence-electron chi connectivity index (χ4n) is 3.80. The molecule has 1 fully saturated rings. The molecule has 2 aromatic rings. The van der Waals surface area contributed by atoms with Gasteiger partial charge in [-0.25, -0.2) is 4.98 Å². The molecule has 0 N–H and O–H groups in total. The first kappa shape index (κ1) is 16.9. The molecular weight excluding hydrogens is 330 g/mol. The predicted octanol–water partition coefficient (Wildman–Crippen LogP) is 3.14. The zero-order valence-electron chi connectivity index (χ0n) is 15.4. The van der Waals surface area contributed by atoms with Gasteiger partial charge in [0.25, 0.3) is 0 Å². The van der Waals surface area contributed by atoms with Gasteiger partial charge in [-0.15, -0.1) is 0 Å². The van der Waals surface area contributed by atoms with Crippen molar-refractivity contribution in [1.82, 2.24) is 14.5 Å². The lowest BCUT2D eigenvalue weighted by atomic mass is 9.95. The molecule has 1 saturated heterocycles. The standard InChI is InChI=1S/C20H25N3O3/c1-14(2)23-10-7-21-20(23)16-5-8-22(9-6-16)19(24)12-15-3-4-17-18(11-15)26-13-25-17/h3-4,7,10-11,14,16H,5-6,8-9,12-13H2,1-2H3. The summed E-state index contributed by atoms with van der Waals surface area (Å²) in [7, 11) is 0. The van der Waals surface area contributed by atoms with Crippen LogP contribution in [0.4, 0.5) is 0 Å². The normalized spacial score (nSPS) is 17.1. The third-order valence-electron chi connectivity index (χ3n) is 5.26. The molecule has 1 aromatic heterocycles. The van der Waals surface area contributed by atoms with Crippen LogP contribution in [0.5, 0.6) is 11.5 Å². The molecular formula is C20H25N3O3. The van der Waals surface area contributed by atoms with E-state index in [1.807, 2.05) is 29.3 Å². The minimum atomic E-state index is 0.175. The van der Waals surface area contributed by atoms with Gasteiger partial charge < -0.3 is 18.9 Å². The molecule has 6 nitrogen and oxygen atoms in total. The van der Waals surface area contributed by atoms with Gasteiger partial charge in [-0.2, -0.15) is 0 Å². The Labute approximate surface area is 153 Å². The molecule has 0 unspecified atom stereocenters. The van der Waals surface area contributed by atoms with Crippen molar-refractivity contribution in [2.45, 2.75) is 45.1 Å². The number of fused-ring (bicyclic) bond motifs is 1. The zero-order valence-corrected chi connectivity index (χ0v) is 15.4. The van der Waals surface area contributed by atoms with Crippen molar-refractivity contribution in [3.63, 3.8) is 0 Å². The summed E-state index contributed by atoms with van der Waals surface area (Å²) in [5, 5.41) is 0. The number of ether oxygens (including phenoxy) is 2. The van der Waals surface area contributed by atoms with Gasteiger partial charge in [0.2, 0.25) is 12.7 Å². The van der Waals surface area contributed by atoms with E-state index >= 15 is 0 Å². The van der Waals surface area contributed by atoms with Crippen LogP contribution in [-0.4, -0.2) is 40.2 Å². The van der Waals surface area contributed by atoms with Crippen molar-refractivity contribution in [3.8, 4) is 11.5 Å². The Hall–Kier alpha value is -2.50. The molecule has 0 radical (unpaired) electrons. The summed E-state index contributed by atoms with van der Waals surface area (Å²) in [4.78, 5) is 19.2. The zero-order chi connectivity index (χ0) is 18.1. The molecule has 4 rings (SSSR count). The van der Waals surface area contributed by atoms with E-state index in [0.29, 0.717) is 18.4 Å². The van der Waals surface area contributed by atoms with Crippen LogP contribution in [0.2, 0.25) is 0 Å². The van der Waals surface area contributed by atoms with E-state index in [4.69, 9.17) is 9.47 Å². The number of hydrogen-bond donors (Lipinski definition) is 0. The number of nitrogens with zero attached hydrogens (tertiary/aromatic N) is 3. The Kier molecular flexibility index (Phi) is 4.57. The number of aromatic nitrogens is 2. The van der Waals surface area contributed by atoms with Crippen LogP contribution >= 0.6 is 0 Å². The van der Waals surface area contributed by atoms with Crippen LogP contribution in [0.1, 0.15) is 50.0 Å². The van der Waals surface area contributed by atoms with Crippen LogP contribution in [0, 0.1) is 0 Å². The number of carbonyl (C=O) groups is 1. The lowest BCUT2D eigenvalue weighted by Crippen LogP contribution is -2.39. The molecule has 2 aliphatic heterocycles. The summed E-state index contributed by atoms with van der Waals surface area (Å²) < 4.78 is 13.0. The third-order valence-corrected chi connectivity index (χ3v) is 5.26. The van der Waals surface area contributed by atoms with Crippen molar-refractivity contribution in [3.05, 3.63) is 42.0 Å². The first-order valence-electron chi connectivity index (χ1n) is 9.31.